The SMILES string of the molecule is C1=CC2C=CC(c3nc(C4=CC5=C(C=CCC5)CC4)nc(-c4cc(-c5ccc6c(c5)C=CCC6)c5c(c4)oc4ccccc45)n3)=CC2C=C1. The molecule has 0 aliphatic heterocycles. The number of fused-ring (bicyclic) bond motifs is 5. The van der Waals surface area contributed by atoms with Crippen molar-refractivity contribution in [1.29, 1.82) is 0 Å². The van der Waals surface area contributed by atoms with Crippen LogP contribution in [0.1, 0.15) is 54.9 Å². The Bertz CT molecular complexity index is 2460. The second kappa shape index (κ2) is 11.5. The average molecular weight is 634 g/mol. The number of rotatable bonds is 4. The van der Waals surface area contributed by atoms with Crippen molar-refractivity contribution in [2.24, 2.45) is 11.8 Å². The number of nitrogens with zero attached hydrogens (tertiary/aromatic N) is 3. The number of hydrogen-bond donors (Lipinski definition) is 0. The standard InChI is InChI=1S/C45H35N3O/c1-4-12-31-23-34(20-17-28(31)9-1)39-26-37(27-41-42(39)38-15-7-8-16-40(38)49-41)45-47-43(35-21-18-29-10-2-5-13-32(29)24-35)46-44(48-45)36-22-19-30-11-3-6-14-33(30)25-36/h2-5,7-8,10-13,15-18,20-21,23-27,29,32H,1,6,9,14,19,22H2. The zero-order valence-corrected chi connectivity index (χ0v) is 27.3. The van der Waals surface area contributed by atoms with Crippen LogP contribution >= 0.6 is 0 Å². The van der Waals surface area contributed by atoms with Gasteiger partial charge in [0.2, 0.25) is 0 Å². The average Bonchev–Trinajstić information content (AvgIpc) is 3.55. The molecule has 2 aromatic heterocycles. The van der Waals surface area contributed by atoms with Crippen molar-refractivity contribution >= 4 is 39.2 Å². The van der Waals surface area contributed by atoms with Gasteiger partial charge >= 0.3 is 0 Å². The van der Waals surface area contributed by atoms with E-state index < -0.39 is 0 Å². The quantitative estimate of drug-likeness (QED) is 0.198. The first-order chi connectivity index (χ1) is 24.2. The van der Waals surface area contributed by atoms with Crippen molar-refractivity contribution in [3.8, 4) is 22.5 Å². The topological polar surface area (TPSA) is 51.8 Å². The maximum Gasteiger partial charge on any atom is 0.164 e. The van der Waals surface area contributed by atoms with Gasteiger partial charge in [0, 0.05) is 33.7 Å². The molecule has 2 heterocycles. The highest BCUT2D eigenvalue weighted by Gasteiger charge is 2.24. The molecule has 4 nitrogen and oxygen atoms in total. The van der Waals surface area contributed by atoms with E-state index in [0.29, 0.717) is 23.5 Å². The Labute approximate surface area is 286 Å². The minimum Gasteiger partial charge on any atom is -0.456 e. The molecule has 4 heteroatoms. The van der Waals surface area contributed by atoms with Crippen molar-refractivity contribution in [2.45, 2.75) is 38.5 Å². The van der Waals surface area contributed by atoms with Crippen molar-refractivity contribution in [3.63, 3.8) is 0 Å². The summed E-state index contributed by atoms with van der Waals surface area (Å²) < 4.78 is 6.56. The lowest BCUT2D eigenvalue weighted by Gasteiger charge is -2.23. The zero-order chi connectivity index (χ0) is 32.3. The number of aromatic nitrogens is 3. The molecule has 0 amide bonds. The summed E-state index contributed by atoms with van der Waals surface area (Å²) in [6.07, 6.45) is 33.3. The Hall–Kier alpha value is -5.61. The van der Waals surface area contributed by atoms with Crippen LogP contribution in [-0.2, 0) is 6.42 Å². The van der Waals surface area contributed by atoms with Crippen LogP contribution in [0.25, 0.3) is 61.7 Å². The van der Waals surface area contributed by atoms with Crippen molar-refractivity contribution < 1.29 is 4.42 Å². The second-order valence-corrected chi connectivity index (χ2v) is 13.7. The van der Waals surface area contributed by atoms with E-state index in [9.17, 15) is 0 Å². The first kappa shape index (κ1) is 28.4. The van der Waals surface area contributed by atoms with Crippen LogP contribution in [-0.4, -0.2) is 15.0 Å². The first-order valence-electron chi connectivity index (χ1n) is 17.6. The number of furan rings is 1. The van der Waals surface area contributed by atoms with Gasteiger partial charge in [0.05, 0.1) is 0 Å². The molecule has 49 heavy (non-hydrogen) atoms. The normalized spacial score (nSPS) is 20.7. The van der Waals surface area contributed by atoms with E-state index in [2.05, 4.69) is 121 Å². The predicted molar refractivity (Wildman–Crippen MR) is 200 cm³/mol. The Kier molecular flexibility index (Phi) is 6.68. The van der Waals surface area contributed by atoms with Crippen molar-refractivity contribution in [3.05, 3.63) is 155 Å². The number of para-hydroxylation sites is 1. The molecule has 236 valence electrons. The van der Waals surface area contributed by atoms with Gasteiger partial charge in [-0.2, -0.15) is 0 Å². The lowest BCUT2D eigenvalue weighted by molar-refractivity contribution is 0.662. The molecular weight excluding hydrogens is 599 g/mol. The fourth-order valence-corrected chi connectivity index (χ4v) is 8.08. The van der Waals surface area contributed by atoms with Crippen LogP contribution < -0.4 is 0 Å². The third kappa shape index (κ3) is 5.02. The van der Waals surface area contributed by atoms with Crippen LogP contribution in [0.4, 0.5) is 0 Å². The number of aryl methyl sites for hydroxylation is 1. The summed E-state index contributed by atoms with van der Waals surface area (Å²) in [6, 6.07) is 19.6. The molecule has 0 fully saturated rings. The minimum absolute atomic E-state index is 0.292. The molecule has 3 aromatic carbocycles. The molecule has 5 aliphatic carbocycles. The Morgan fingerprint density at radius 1 is 0.633 bits per heavy atom. The first-order valence-corrected chi connectivity index (χ1v) is 17.6. The summed E-state index contributed by atoms with van der Waals surface area (Å²) in [5, 5.41) is 2.23. The highest BCUT2D eigenvalue weighted by molar-refractivity contribution is 6.13. The number of hydrogen-bond acceptors (Lipinski definition) is 4. The molecule has 0 bridgehead atoms. The fraction of sp³-hybridized carbons (Fsp3) is 0.178. The maximum absolute atomic E-state index is 6.56. The minimum atomic E-state index is 0.292. The van der Waals surface area contributed by atoms with Crippen LogP contribution in [0.15, 0.2) is 137 Å². The van der Waals surface area contributed by atoms with E-state index in [1.807, 2.05) is 6.07 Å². The molecule has 2 atom stereocenters. The van der Waals surface area contributed by atoms with Gasteiger partial charge in [-0.15, -0.1) is 0 Å². The van der Waals surface area contributed by atoms with Gasteiger partial charge in [0.25, 0.3) is 0 Å². The van der Waals surface area contributed by atoms with Crippen LogP contribution in [0.5, 0.6) is 0 Å². The van der Waals surface area contributed by atoms with E-state index in [-0.39, 0.29) is 0 Å². The molecule has 0 saturated heterocycles. The molecule has 5 aromatic rings. The summed E-state index contributed by atoms with van der Waals surface area (Å²) in [5.41, 5.74) is 12.7. The number of allylic oxidation sites excluding steroid dienone is 15. The molecule has 0 N–H and O–H groups in total. The van der Waals surface area contributed by atoms with Gasteiger partial charge in [-0.1, -0.05) is 103 Å². The fourth-order valence-electron chi connectivity index (χ4n) is 8.08. The molecule has 5 aliphatic rings. The lowest BCUT2D eigenvalue weighted by atomic mass is 9.83. The predicted octanol–water partition coefficient (Wildman–Crippen LogP) is 11.2. The third-order valence-electron chi connectivity index (χ3n) is 10.7. The Morgan fingerprint density at radius 2 is 1.49 bits per heavy atom. The van der Waals surface area contributed by atoms with E-state index in [1.54, 1.807) is 0 Å². The zero-order valence-electron chi connectivity index (χ0n) is 27.3. The van der Waals surface area contributed by atoms with E-state index in [1.165, 1.54) is 33.4 Å². The molecule has 0 spiro atoms. The largest absolute Gasteiger partial charge is 0.456 e. The Balaban J connectivity index is 1.18. The second-order valence-electron chi connectivity index (χ2n) is 13.7. The maximum atomic E-state index is 6.56. The van der Waals surface area contributed by atoms with Crippen LogP contribution in [0, 0.1) is 11.8 Å². The van der Waals surface area contributed by atoms with Gasteiger partial charge in [0.15, 0.2) is 17.5 Å². The van der Waals surface area contributed by atoms with Crippen LogP contribution in [0.2, 0.25) is 0 Å². The number of benzene rings is 3. The van der Waals surface area contributed by atoms with Crippen LogP contribution in [0.3, 0.4) is 0 Å². The summed E-state index contributed by atoms with van der Waals surface area (Å²) in [7, 11) is 0. The van der Waals surface area contributed by atoms with E-state index in [0.717, 1.165) is 83.0 Å². The van der Waals surface area contributed by atoms with E-state index >= 15 is 0 Å². The lowest BCUT2D eigenvalue weighted by Crippen LogP contribution is -2.13. The highest BCUT2D eigenvalue weighted by Crippen LogP contribution is 2.42. The smallest absolute Gasteiger partial charge is 0.164 e. The summed E-state index contributed by atoms with van der Waals surface area (Å²) in [4.78, 5) is 15.7. The van der Waals surface area contributed by atoms with Gasteiger partial charge in [-0.25, -0.2) is 15.0 Å². The summed E-state index contributed by atoms with van der Waals surface area (Å²) in [5.74, 6) is 2.81. The summed E-state index contributed by atoms with van der Waals surface area (Å²) >= 11 is 0. The Morgan fingerprint density at radius 3 is 2.47 bits per heavy atom. The molecule has 2 unspecified atom stereocenters. The van der Waals surface area contributed by atoms with Gasteiger partial charge in [0.1, 0.15) is 11.2 Å². The third-order valence-corrected chi connectivity index (χ3v) is 10.7. The monoisotopic (exact) mass is 633 g/mol. The van der Waals surface area contributed by atoms with Crippen molar-refractivity contribution in [2.75, 3.05) is 0 Å². The van der Waals surface area contributed by atoms with Crippen molar-refractivity contribution in [1.82, 2.24) is 15.0 Å². The highest BCUT2D eigenvalue weighted by atomic mass is 16.3. The molecule has 10 rings (SSSR count). The molecule has 0 saturated carbocycles. The van der Waals surface area contributed by atoms with Gasteiger partial charge in [-0.05, 0) is 102 Å². The van der Waals surface area contributed by atoms with Gasteiger partial charge in [-0.3, -0.25) is 0 Å². The van der Waals surface area contributed by atoms with Gasteiger partial charge < -0.3 is 4.42 Å². The summed E-state index contributed by atoms with van der Waals surface area (Å²) in [6.45, 7) is 0. The molecule has 0 radical (unpaired) electrons. The molecular formula is C45H35N3O. The van der Waals surface area contributed by atoms with E-state index in [4.69, 9.17) is 19.4 Å².